The molecule has 0 aromatic heterocycles. The number of ether oxygens (including phenoxy) is 1. The van der Waals surface area contributed by atoms with E-state index in [1.807, 2.05) is 24.3 Å². The lowest BCUT2D eigenvalue weighted by Crippen LogP contribution is -2.30. The number of carbonyl (C=O) groups is 2. The van der Waals surface area contributed by atoms with Gasteiger partial charge in [-0.15, -0.1) is 0 Å². The fourth-order valence-electron chi connectivity index (χ4n) is 2.25. The number of hydrogen-bond acceptors (Lipinski definition) is 4. The Kier molecular flexibility index (Phi) is 5.71. The van der Waals surface area contributed by atoms with E-state index in [4.69, 9.17) is 4.74 Å². The van der Waals surface area contributed by atoms with Gasteiger partial charge < -0.3 is 20.3 Å². The van der Waals surface area contributed by atoms with Gasteiger partial charge in [-0.05, 0) is 24.6 Å². The first-order chi connectivity index (χ1) is 10.2. The zero-order valence-electron chi connectivity index (χ0n) is 12.2. The second kappa shape index (κ2) is 7.75. The van der Waals surface area contributed by atoms with Crippen molar-refractivity contribution in [2.75, 3.05) is 43.6 Å². The van der Waals surface area contributed by atoms with Crippen molar-refractivity contribution in [1.29, 1.82) is 0 Å². The first-order valence-electron chi connectivity index (χ1n) is 7.10. The molecule has 1 fully saturated rings. The first-order valence-corrected chi connectivity index (χ1v) is 7.10. The third-order valence-corrected chi connectivity index (χ3v) is 3.28. The lowest BCUT2D eigenvalue weighted by atomic mass is 10.2. The van der Waals surface area contributed by atoms with Gasteiger partial charge in [-0.25, -0.2) is 0 Å². The van der Waals surface area contributed by atoms with E-state index >= 15 is 0 Å². The van der Waals surface area contributed by atoms with Crippen molar-refractivity contribution in [2.45, 2.75) is 12.8 Å². The van der Waals surface area contributed by atoms with Crippen molar-refractivity contribution in [3.05, 3.63) is 24.3 Å². The number of methoxy groups -OCH3 is 1. The molecule has 2 N–H and O–H groups in total. The van der Waals surface area contributed by atoms with Crippen LogP contribution in [0.1, 0.15) is 12.8 Å². The summed E-state index contributed by atoms with van der Waals surface area (Å²) in [6.07, 6.45) is 1.48. The number of hydrogen-bond donors (Lipinski definition) is 2. The smallest absolute Gasteiger partial charge is 0.238 e. The summed E-state index contributed by atoms with van der Waals surface area (Å²) in [6, 6.07) is 7.37. The van der Waals surface area contributed by atoms with Gasteiger partial charge in [0, 0.05) is 38.0 Å². The standard InChI is InChI=1S/C15H21N3O3/c1-21-9-7-16-11-14(19)17-12-4-2-5-13(10-12)18-8-3-6-15(18)20/h2,4-5,10,16H,3,6-9,11H2,1H3,(H,17,19). The predicted molar refractivity (Wildman–Crippen MR) is 81.4 cm³/mol. The normalized spacial score (nSPS) is 14.5. The fraction of sp³-hybridized carbons (Fsp3) is 0.467. The average molecular weight is 291 g/mol. The molecule has 2 amide bonds. The molecule has 0 radical (unpaired) electrons. The minimum absolute atomic E-state index is 0.115. The highest BCUT2D eigenvalue weighted by Gasteiger charge is 2.21. The van der Waals surface area contributed by atoms with Crippen molar-refractivity contribution >= 4 is 23.2 Å². The van der Waals surface area contributed by atoms with Gasteiger partial charge in [0.15, 0.2) is 0 Å². The van der Waals surface area contributed by atoms with E-state index in [0.717, 1.165) is 18.7 Å². The van der Waals surface area contributed by atoms with Crippen LogP contribution >= 0.6 is 0 Å². The summed E-state index contributed by atoms with van der Waals surface area (Å²) in [4.78, 5) is 25.3. The van der Waals surface area contributed by atoms with Crippen LogP contribution in [0, 0.1) is 0 Å². The summed E-state index contributed by atoms with van der Waals surface area (Å²) in [7, 11) is 1.62. The van der Waals surface area contributed by atoms with E-state index in [1.54, 1.807) is 12.0 Å². The van der Waals surface area contributed by atoms with E-state index in [2.05, 4.69) is 10.6 Å². The van der Waals surface area contributed by atoms with Crippen molar-refractivity contribution < 1.29 is 14.3 Å². The maximum Gasteiger partial charge on any atom is 0.238 e. The third kappa shape index (κ3) is 4.54. The van der Waals surface area contributed by atoms with Crippen LogP contribution < -0.4 is 15.5 Å². The molecule has 0 saturated carbocycles. The van der Waals surface area contributed by atoms with Crippen LogP contribution in [0.2, 0.25) is 0 Å². The summed E-state index contributed by atoms with van der Waals surface area (Å²) in [6.45, 7) is 2.18. The second-order valence-corrected chi connectivity index (χ2v) is 4.92. The average Bonchev–Trinajstić information content (AvgIpc) is 2.90. The number of benzene rings is 1. The zero-order chi connectivity index (χ0) is 15.1. The largest absolute Gasteiger partial charge is 0.383 e. The number of anilines is 2. The number of carbonyl (C=O) groups excluding carboxylic acids is 2. The van der Waals surface area contributed by atoms with Crippen molar-refractivity contribution in [3.63, 3.8) is 0 Å². The quantitative estimate of drug-likeness (QED) is 0.735. The van der Waals surface area contributed by atoms with Gasteiger partial charge in [0.25, 0.3) is 0 Å². The summed E-state index contributed by atoms with van der Waals surface area (Å²) in [5.74, 6) is 0.0238. The van der Waals surface area contributed by atoms with Crippen LogP contribution in [-0.2, 0) is 14.3 Å². The van der Waals surface area contributed by atoms with E-state index in [-0.39, 0.29) is 18.4 Å². The molecule has 0 spiro atoms. The Morgan fingerprint density at radius 1 is 1.43 bits per heavy atom. The fourth-order valence-corrected chi connectivity index (χ4v) is 2.25. The van der Waals surface area contributed by atoms with Gasteiger partial charge in [0.1, 0.15) is 0 Å². The van der Waals surface area contributed by atoms with Gasteiger partial charge in [-0.2, -0.15) is 0 Å². The number of nitrogens with one attached hydrogen (secondary N) is 2. The molecule has 0 unspecified atom stereocenters. The van der Waals surface area contributed by atoms with Crippen LogP contribution in [0.25, 0.3) is 0 Å². The highest BCUT2D eigenvalue weighted by atomic mass is 16.5. The molecule has 1 aliphatic rings. The van der Waals surface area contributed by atoms with Gasteiger partial charge >= 0.3 is 0 Å². The molecular formula is C15H21N3O3. The van der Waals surface area contributed by atoms with Crippen LogP contribution in [-0.4, -0.2) is 45.2 Å². The van der Waals surface area contributed by atoms with Gasteiger partial charge in [0.2, 0.25) is 11.8 Å². The summed E-state index contributed by atoms with van der Waals surface area (Å²) >= 11 is 0. The van der Waals surface area contributed by atoms with E-state index < -0.39 is 0 Å². The zero-order valence-corrected chi connectivity index (χ0v) is 12.2. The lowest BCUT2D eigenvalue weighted by molar-refractivity contribution is -0.117. The van der Waals surface area contributed by atoms with Crippen LogP contribution in [0.15, 0.2) is 24.3 Å². The van der Waals surface area contributed by atoms with E-state index in [9.17, 15) is 9.59 Å². The van der Waals surface area contributed by atoms with Gasteiger partial charge in [-0.1, -0.05) is 6.07 Å². The summed E-state index contributed by atoms with van der Waals surface area (Å²) in [5.41, 5.74) is 1.54. The molecule has 6 heteroatoms. The van der Waals surface area contributed by atoms with Crippen LogP contribution in [0.3, 0.4) is 0 Å². The minimum atomic E-state index is -0.115. The minimum Gasteiger partial charge on any atom is -0.383 e. The Morgan fingerprint density at radius 3 is 3.00 bits per heavy atom. The van der Waals surface area contributed by atoms with Gasteiger partial charge in [0.05, 0.1) is 13.2 Å². The maximum absolute atomic E-state index is 11.8. The maximum atomic E-state index is 11.8. The molecule has 0 aliphatic carbocycles. The summed E-state index contributed by atoms with van der Waals surface area (Å²) < 4.78 is 4.89. The number of amides is 2. The number of nitrogens with zero attached hydrogens (tertiary/aromatic N) is 1. The molecule has 1 heterocycles. The Balaban J connectivity index is 1.89. The molecule has 1 saturated heterocycles. The molecule has 1 aromatic carbocycles. The van der Waals surface area contributed by atoms with Crippen molar-refractivity contribution in [3.8, 4) is 0 Å². The summed E-state index contributed by atoms with van der Waals surface area (Å²) in [5, 5.41) is 5.80. The molecular weight excluding hydrogens is 270 g/mol. The van der Waals surface area contributed by atoms with Crippen LogP contribution in [0.5, 0.6) is 0 Å². The van der Waals surface area contributed by atoms with Gasteiger partial charge in [-0.3, -0.25) is 9.59 Å². The molecule has 0 atom stereocenters. The third-order valence-electron chi connectivity index (χ3n) is 3.28. The highest BCUT2D eigenvalue weighted by molar-refractivity contribution is 5.97. The van der Waals surface area contributed by atoms with E-state index in [0.29, 0.717) is 25.3 Å². The molecule has 114 valence electrons. The molecule has 1 aliphatic heterocycles. The molecule has 21 heavy (non-hydrogen) atoms. The Bertz CT molecular complexity index is 505. The second-order valence-electron chi connectivity index (χ2n) is 4.92. The Morgan fingerprint density at radius 2 is 2.29 bits per heavy atom. The Labute approximate surface area is 124 Å². The molecule has 1 aromatic rings. The lowest BCUT2D eigenvalue weighted by Gasteiger charge is -2.16. The Hall–Kier alpha value is -1.92. The molecule has 0 bridgehead atoms. The first kappa shape index (κ1) is 15.5. The van der Waals surface area contributed by atoms with Crippen LogP contribution in [0.4, 0.5) is 11.4 Å². The topological polar surface area (TPSA) is 70.7 Å². The molecule has 2 rings (SSSR count). The van der Waals surface area contributed by atoms with Crippen molar-refractivity contribution in [2.24, 2.45) is 0 Å². The predicted octanol–water partition coefficient (Wildman–Crippen LogP) is 0.988. The molecule has 6 nitrogen and oxygen atoms in total. The number of rotatable bonds is 7. The van der Waals surface area contributed by atoms with E-state index in [1.165, 1.54) is 0 Å². The SMILES string of the molecule is COCCNCC(=O)Nc1cccc(N2CCCC2=O)c1. The monoisotopic (exact) mass is 291 g/mol. The highest BCUT2D eigenvalue weighted by Crippen LogP contribution is 2.24. The van der Waals surface area contributed by atoms with Crippen molar-refractivity contribution in [1.82, 2.24) is 5.32 Å².